The summed E-state index contributed by atoms with van der Waals surface area (Å²) in [4.78, 5) is 16.1. The van der Waals surface area contributed by atoms with Gasteiger partial charge in [0.15, 0.2) is 0 Å². The molecule has 1 saturated carbocycles. The molecule has 0 spiro atoms. The Balaban J connectivity index is 1.94. The van der Waals surface area contributed by atoms with Gasteiger partial charge < -0.3 is 15.2 Å². The molecule has 0 aliphatic heterocycles. The topological polar surface area (TPSA) is 71.5 Å². The molecule has 110 valence electrons. The molecule has 2 N–H and O–H groups in total. The van der Waals surface area contributed by atoms with Crippen molar-refractivity contribution >= 4 is 21.8 Å². The first-order chi connectivity index (χ1) is 9.65. The summed E-state index contributed by atoms with van der Waals surface area (Å²) in [6.45, 7) is 0.790. The predicted molar refractivity (Wildman–Crippen MR) is 78.5 cm³/mol. The van der Waals surface area contributed by atoms with E-state index in [0.29, 0.717) is 18.7 Å². The van der Waals surface area contributed by atoms with Crippen molar-refractivity contribution in [3.05, 3.63) is 28.5 Å². The summed E-state index contributed by atoms with van der Waals surface area (Å²) >= 11 is 3.30. The minimum absolute atomic E-state index is 0.00521. The van der Waals surface area contributed by atoms with Crippen LogP contribution in [0.5, 0.6) is 0 Å². The van der Waals surface area contributed by atoms with E-state index in [9.17, 15) is 4.79 Å². The molecular formula is C14H19BrN2O3. The first-order valence-electron chi connectivity index (χ1n) is 6.79. The number of amides is 1. The van der Waals surface area contributed by atoms with E-state index in [4.69, 9.17) is 9.84 Å². The van der Waals surface area contributed by atoms with Crippen molar-refractivity contribution in [3.63, 3.8) is 0 Å². The smallest absolute Gasteiger partial charge is 0.252 e. The molecule has 6 heteroatoms. The van der Waals surface area contributed by atoms with Crippen LogP contribution in [0.4, 0.5) is 0 Å². The Morgan fingerprint density at radius 2 is 2.20 bits per heavy atom. The first kappa shape index (κ1) is 15.4. The molecule has 1 aromatic rings. The number of carbonyl (C=O) groups excluding carboxylic acids is 1. The van der Waals surface area contributed by atoms with Gasteiger partial charge in [-0.1, -0.05) is 12.8 Å². The van der Waals surface area contributed by atoms with Crippen LogP contribution in [0.2, 0.25) is 0 Å². The molecule has 0 unspecified atom stereocenters. The quantitative estimate of drug-likeness (QED) is 0.828. The number of nitrogens with zero attached hydrogens (tertiary/aromatic N) is 1. The van der Waals surface area contributed by atoms with Gasteiger partial charge in [0, 0.05) is 23.4 Å². The molecule has 1 aromatic heterocycles. The zero-order valence-corrected chi connectivity index (χ0v) is 12.9. The number of aromatic nitrogens is 1. The molecule has 2 rings (SSSR count). The molecule has 0 aromatic carbocycles. The van der Waals surface area contributed by atoms with Crippen molar-refractivity contribution in [2.45, 2.75) is 31.3 Å². The molecule has 1 amide bonds. The van der Waals surface area contributed by atoms with E-state index >= 15 is 0 Å². The maximum absolute atomic E-state index is 12.1. The lowest BCUT2D eigenvalue weighted by Crippen LogP contribution is -2.43. The number of carbonyl (C=O) groups is 1. The second-order valence-corrected chi connectivity index (χ2v) is 5.95. The fourth-order valence-electron chi connectivity index (χ4n) is 2.53. The van der Waals surface area contributed by atoms with E-state index in [-0.39, 0.29) is 18.1 Å². The maximum Gasteiger partial charge on any atom is 0.252 e. The van der Waals surface area contributed by atoms with Crippen LogP contribution in [0.1, 0.15) is 36.0 Å². The molecule has 1 aliphatic carbocycles. The van der Waals surface area contributed by atoms with Crippen molar-refractivity contribution in [3.8, 4) is 0 Å². The monoisotopic (exact) mass is 342 g/mol. The summed E-state index contributed by atoms with van der Waals surface area (Å²) in [5, 5.41) is 11.8. The lowest BCUT2D eigenvalue weighted by Gasteiger charge is -2.29. The molecule has 1 fully saturated rings. The lowest BCUT2D eigenvalue weighted by molar-refractivity contribution is -0.0511. The van der Waals surface area contributed by atoms with Crippen LogP contribution in [-0.4, -0.2) is 41.4 Å². The van der Waals surface area contributed by atoms with E-state index in [0.717, 1.165) is 30.2 Å². The van der Waals surface area contributed by atoms with Gasteiger partial charge in [0.2, 0.25) is 0 Å². The lowest BCUT2D eigenvalue weighted by atomic mass is 10.0. The summed E-state index contributed by atoms with van der Waals surface area (Å²) < 4.78 is 6.54. The zero-order valence-electron chi connectivity index (χ0n) is 11.3. The van der Waals surface area contributed by atoms with Crippen LogP contribution in [-0.2, 0) is 4.74 Å². The van der Waals surface area contributed by atoms with Gasteiger partial charge in [-0.05, 0) is 34.8 Å². The fourth-order valence-corrected chi connectivity index (χ4v) is 2.90. The highest BCUT2D eigenvalue weighted by Crippen LogP contribution is 2.32. The molecule has 1 aliphatic rings. The Morgan fingerprint density at radius 1 is 1.45 bits per heavy atom. The predicted octanol–water partition coefficient (Wildman–Crippen LogP) is 1.90. The summed E-state index contributed by atoms with van der Waals surface area (Å²) in [6.07, 6.45) is 7.21. The molecule has 1 heterocycles. The number of nitrogens with one attached hydrogen (secondary N) is 1. The molecule has 0 bridgehead atoms. The van der Waals surface area contributed by atoms with Crippen LogP contribution in [0.3, 0.4) is 0 Å². The van der Waals surface area contributed by atoms with Gasteiger partial charge in [-0.2, -0.15) is 0 Å². The maximum atomic E-state index is 12.1. The van der Waals surface area contributed by atoms with Crippen molar-refractivity contribution in [1.82, 2.24) is 10.3 Å². The number of hydrogen-bond donors (Lipinski definition) is 2. The van der Waals surface area contributed by atoms with Crippen LogP contribution in [0, 0.1) is 0 Å². The minimum atomic E-state index is -0.322. The third-order valence-electron chi connectivity index (χ3n) is 3.55. The fraction of sp³-hybridized carbons (Fsp3) is 0.571. The average molecular weight is 343 g/mol. The number of ether oxygens (including phenoxy) is 1. The van der Waals surface area contributed by atoms with Gasteiger partial charge in [-0.25, -0.2) is 0 Å². The SMILES string of the molecule is O=C(NCC1(OCCO)CCCC1)c1cncc(Br)c1. The van der Waals surface area contributed by atoms with Crippen molar-refractivity contribution < 1.29 is 14.6 Å². The average Bonchev–Trinajstić information content (AvgIpc) is 2.92. The highest BCUT2D eigenvalue weighted by Gasteiger charge is 2.35. The van der Waals surface area contributed by atoms with E-state index in [2.05, 4.69) is 26.2 Å². The van der Waals surface area contributed by atoms with E-state index in [1.54, 1.807) is 12.3 Å². The summed E-state index contributed by atoms with van der Waals surface area (Å²) in [7, 11) is 0. The normalized spacial score (nSPS) is 17.1. The van der Waals surface area contributed by atoms with E-state index < -0.39 is 0 Å². The molecule has 0 radical (unpaired) electrons. The van der Waals surface area contributed by atoms with E-state index in [1.165, 1.54) is 6.20 Å². The van der Waals surface area contributed by atoms with E-state index in [1.807, 2.05) is 0 Å². The van der Waals surface area contributed by atoms with Gasteiger partial charge in [-0.3, -0.25) is 9.78 Å². The second kappa shape index (κ2) is 7.15. The number of rotatable bonds is 6. The first-order valence-corrected chi connectivity index (χ1v) is 7.58. The minimum Gasteiger partial charge on any atom is -0.394 e. The Bertz CT molecular complexity index is 461. The second-order valence-electron chi connectivity index (χ2n) is 5.04. The number of hydrogen-bond acceptors (Lipinski definition) is 4. The molecular weight excluding hydrogens is 324 g/mol. The summed E-state index contributed by atoms with van der Waals surface area (Å²) in [5.41, 5.74) is 0.201. The molecule has 20 heavy (non-hydrogen) atoms. The van der Waals surface area contributed by atoms with Crippen molar-refractivity contribution in [2.24, 2.45) is 0 Å². The molecule has 0 atom stereocenters. The molecule has 5 nitrogen and oxygen atoms in total. The largest absolute Gasteiger partial charge is 0.394 e. The number of pyridine rings is 1. The summed E-state index contributed by atoms with van der Waals surface area (Å²) in [5.74, 6) is -0.155. The van der Waals surface area contributed by atoms with Gasteiger partial charge in [0.05, 0.1) is 24.4 Å². The Morgan fingerprint density at radius 3 is 2.85 bits per heavy atom. The van der Waals surface area contributed by atoms with Crippen molar-refractivity contribution in [2.75, 3.05) is 19.8 Å². The highest BCUT2D eigenvalue weighted by molar-refractivity contribution is 9.10. The standard InChI is InChI=1S/C14H19BrN2O3/c15-12-7-11(8-16-9-12)13(19)17-10-14(20-6-5-18)3-1-2-4-14/h7-9,18H,1-6,10H2,(H,17,19). The van der Waals surface area contributed by atoms with Crippen LogP contribution >= 0.6 is 15.9 Å². The third kappa shape index (κ3) is 4.01. The van der Waals surface area contributed by atoms with Gasteiger partial charge in [0.1, 0.15) is 0 Å². The number of aliphatic hydroxyl groups excluding tert-OH is 1. The summed E-state index contributed by atoms with van der Waals surface area (Å²) in [6, 6.07) is 1.73. The Labute approximate surface area is 126 Å². The van der Waals surface area contributed by atoms with Gasteiger partial charge >= 0.3 is 0 Å². The Kier molecular flexibility index (Phi) is 5.51. The highest BCUT2D eigenvalue weighted by atomic mass is 79.9. The van der Waals surface area contributed by atoms with Crippen LogP contribution < -0.4 is 5.32 Å². The van der Waals surface area contributed by atoms with Crippen LogP contribution in [0.15, 0.2) is 22.9 Å². The van der Waals surface area contributed by atoms with Gasteiger partial charge in [-0.15, -0.1) is 0 Å². The number of halogens is 1. The third-order valence-corrected chi connectivity index (χ3v) is 3.99. The Hall–Kier alpha value is -0.980. The number of aliphatic hydroxyl groups is 1. The van der Waals surface area contributed by atoms with Crippen LogP contribution in [0.25, 0.3) is 0 Å². The molecule has 0 saturated heterocycles. The van der Waals surface area contributed by atoms with Gasteiger partial charge in [0.25, 0.3) is 5.91 Å². The van der Waals surface area contributed by atoms with Crippen molar-refractivity contribution in [1.29, 1.82) is 0 Å². The zero-order chi connectivity index (χ0) is 14.4.